The Morgan fingerprint density at radius 1 is 1.20 bits per heavy atom. The molecular formula is C22H19N3O5. The molecule has 0 saturated carbocycles. The first-order chi connectivity index (χ1) is 14.6. The maximum Gasteiger partial charge on any atom is 0.231 e. The van der Waals surface area contributed by atoms with Crippen molar-refractivity contribution in [2.24, 2.45) is 11.8 Å². The average Bonchev–Trinajstić information content (AvgIpc) is 3.50. The largest absolute Gasteiger partial charge is 0.454 e. The fourth-order valence-electron chi connectivity index (χ4n) is 4.92. The Morgan fingerprint density at radius 3 is 2.90 bits per heavy atom. The van der Waals surface area contributed by atoms with Gasteiger partial charge in [-0.25, -0.2) is 0 Å². The lowest BCUT2D eigenvalue weighted by Gasteiger charge is -2.23. The van der Waals surface area contributed by atoms with E-state index in [4.69, 9.17) is 14.2 Å². The second kappa shape index (κ2) is 6.30. The van der Waals surface area contributed by atoms with Crippen LogP contribution in [0.15, 0.2) is 54.9 Å². The number of carbonyl (C=O) groups is 2. The molecule has 6 rings (SSSR count). The highest BCUT2D eigenvalue weighted by atomic mass is 16.7. The standard InChI is InChI=1S/C22H19N3O5/c26-20(24-14-1-2-15-17(9-14)29-12-28-15)18-16-3-6-22(30-16)11-25(21(27)19(18)22)10-13-4-7-23-8-5-13/h1-9,16,18-19H,10-12H2,(H,24,26)/t16?,18?,19?,22-/m0/s1. The van der Waals surface area contributed by atoms with Crippen LogP contribution in [0.3, 0.4) is 0 Å². The van der Waals surface area contributed by atoms with Gasteiger partial charge in [-0.1, -0.05) is 12.2 Å². The van der Waals surface area contributed by atoms with Gasteiger partial charge in [0.25, 0.3) is 0 Å². The first-order valence-corrected chi connectivity index (χ1v) is 9.88. The van der Waals surface area contributed by atoms with E-state index in [9.17, 15) is 9.59 Å². The summed E-state index contributed by atoms with van der Waals surface area (Å²) >= 11 is 0. The Morgan fingerprint density at radius 2 is 2.03 bits per heavy atom. The Balaban J connectivity index is 1.24. The number of amides is 2. The molecule has 5 heterocycles. The molecule has 1 aromatic heterocycles. The summed E-state index contributed by atoms with van der Waals surface area (Å²) in [6, 6.07) is 9.02. The third kappa shape index (κ3) is 2.53. The van der Waals surface area contributed by atoms with Gasteiger partial charge < -0.3 is 24.4 Å². The van der Waals surface area contributed by atoms with Crippen LogP contribution in [0.4, 0.5) is 5.69 Å². The third-order valence-corrected chi connectivity index (χ3v) is 6.24. The summed E-state index contributed by atoms with van der Waals surface area (Å²) in [7, 11) is 0. The predicted molar refractivity (Wildman–Crippen MR) is 105 cm³/mol. The molecule has 8 heteroatoms. The van der Waals surface area contributed by atoms with Gasteiger partial charge in [-0.05, 0) is 29.8 Å². The van der Waals surface area contributed by atoms with Crippen LogP contribution in [-0.4, -0.2) is 46.7 Å². The van der Waals surface area contributed by atoms with E-state index in [2.05, 4.69) is 10.3 Å². The molecule has 3 unspecified atom stereocenters. The van der Waals surface area contributed by atoms with Gasteiger partial charge in [-0.15, -0.1) is 0 Å². The summed E-state index contributed by atoms with van der Waals surface area (Å²) in [6.07, 6.45) is 6.88. The molecule has 2 fully saturated rings. The molecule has 2 aromatic rings. The molecule has 4 aliphatic heterocycles. The van der Waals surface area contributed by atoms with E-state index in [0.29, 0.717) is 30.3 Å². The molecular weight excluding hydrogens is 386 g/mol. The van der Waals surface area contributed by atoms with Gasteiger partial charge in [0.2, 0.25) is 18.6 Å². The van der Waals surface area contributed by atoms with Crippen LogP contribution in [0.25, 0.3) is 0 Å². The Kier molecular flexibility index (Phi) is 3.67. The number of nitrogens with zero attached hydrogens (tertiary/aromatic N) is 2. The lowest BCUT2D eigenvalue weighted by Crippen LogP contribution is -2.41. The number of likely N-dealkylation sites (tertiary alicyclic amines) is 1. The highest BCUT2D eigenvalue weighted by Crippen LogP contribution is 2.52. The van der Waals surface area contributed by atoms with E-state index in [1.54, 1.807) is 35.5 Å². The summed E-state index contributed by atoms with van der Waals surface area (Å²) in [6.45, 7) is 1.08. The van der Waals surface area contributed by atoms with E-state index in [0.717, 1.165) is 5.56 Å². The van der Waals surface area contributed by atoms with Gasteiger partial charge >= 0.3 is 0 Å². The van der Waals surface area contributed by atoms with Crippen LogP contribution in [0.1, 0.15) is 5.56 Å². The molecule has 1 spiro atoms. The van der Waals surface area contributed by atoms with Crippen molar-refractivity contribution in [3.05, 3.63) is 60.4 Å². The fraction of sp³-hybridized carbons (Fsp3) is 0.318. The highest BCUT2D eigenvalue weighted by Gasteiger charge is 2.66. The van der Waals surface area contributed by atoms with E-state index >= 15 is 0 Å². The van der Waals surface area contributed by atoms with Crippen molar-refractivity contribution in [2.45, 2.75) is 18.2 Å². The number of rotatable bonds is 4. The number of benzene rings is 1. The summed E-state index contributed by atoms with van der Waals surface area (Å²) in [5, 5.41) is 2.93. The van der Waals surface area contributed by atoms with E-state index < -0.39 is 23.5 Å². The first-order valence-electron chi connectivity index (χ1n) is 9.88. The monoisotopic (exact) mass is 405 g/mol. The molecule has 30 heavy (non-hydrogen) atoms. The van der Waals surface area contributed by atoms with Gasteiger partial charge in [0.05, 0.1) is 24.5 Å². The molecule has 8 nitrogen and oxygen atoms in total. The van der Waals surface area contributed by atoms with Crippen LogP contribution in [-0.2, 0) is 20.9 Å². The fourth-order valence-corrected chi connectivity index (χ4v) is 4.92. The number of nitrogens with one attached hydrogen (secondary N) is 1. The highest BCUT2D eigenvalue weighted by molar-refractivity contribution is 5.99. The topological polar surface area (TPSA) is 90.0 Å². The Hall–Kier alpha value is -3.39. The molecule has 1 aromatic carbocycles. The number of ether oxygens (including phenoxy) is 3. The molecule has 4 aliphatic rings. The zero-order valence-electron chi connectivity index (χ0n) is 16.0. The van der Waals surface area contributed by atoms with Crippen molar-refractivity contribution < 1.29 is 23.8 Å². The van der Waals surface area contributed by atoms with Crippen molar-refractivity contribution >= 4 is 17.5 Å². The summed E-state index contributed by atoms with van der Waals surface area (Å²) in [4.78, 5) is 32.2. The number of carbonyl (C=O) groups excluding carboxylic acids is 2. The van der Waals surface area contributed by atoms with E-state index in [1.165, 1.54) is 0 Å². The van der Waals surface area contributed by atoms with Crippen molar-refractivity contribution in [1.29, 1.82) is 0 Å². The zero-order valence-corrected chi connectivity index (χ0v) is 16.0. The molecule has 0 radical (unpaired) electrons. The first kappa shape index (κ1) is 17.5. The molecule has 152 valence electrons. The van der Waals surface area contributed by atoms with Crippen molar-refractivity contribution in [1.82, 2.24) is 9.88 Å². The lowest BCUT2D eigenvalue weighted by molar-refractivity contribution is -0.136. The molecule has 2 bridgehead atoms. The minimum atomic E-state index is -0.730. The Bertz CT molecular complexity index is 1070. The smallest absolute Gasteiger partial charge is 0.231 e. The number of fused-ring (bicyclic) bond motifs is 2. The van der Waals surface area contributed by atoms with Gasteiger partial charge in [-0.2, -0.15) is 0 Å². The Labute approximate surface area is 172 Å². The molecule has 2 saturated heterocycles. The van der Waals surface area contributed by atoms with Gasteiger partial charge in [0.1, 0.15) is 5.60 Å². The maximum atomic E-state index is 13.3. The predicted octanol–water partition coefficient (Wildman–Crippen LogP) is 1.73. The number of hydrogen-bond acceptors (Lipinski definition) is 6. The summed E-state index contributed by atoms with van der Waals surface area (Å²) in [5.74, 6) is -0.137. The number of anilines is 1. The van der Waals surface area contributed by atoms with Gasteiger partial charge in [-0.3, -0.25) is 14.6 Å². The van der Waals surface area contributed by atoms with Crippen molar-refractivity contribution in [3.8, 4) is 11.5 Å². The summed E-state index contributed by atoms with van der Waals surface area (Å²) in [5.41, 5.74) is 0.866. The van der Waals surface area contributed by atoms with Crippen LogP contribution < -0.4 is 14.8 Å². The lowest BCUT2D eigenvalue weighted by atomic mass is 9.77. The minimum Gasteiger partial charge on any atom is -0.454 e. The van der Waals surface area contributed by atoms with Crippen LogP contribution in [0.5, 0.6) is 11.5 Å². The maximum absolute atomic E-state index is 13.3. The quantitative estimate of drug-likeness (QED) is 0.780. The third-order valence-electron chi connectivity index (χ3n) is 6.24. The van der Waals surface area contributed by atoms with E-state index in [-0.39, 0.29) is 18.6 Å². The SMILES string of the molecule is O=C(Nc1ccc2c(c1)OCO2)C1C2C=C[C@@]3(CN(Cc4ccncc4)C(=O)C13)O2. The van der Waals surface area contributed by atoms with E-state index in [1.807, 2.05) is 24.3 Å². The summed E-state index contributed by atoms with van der Waals surface area (Å²) < 4.78 is 16.9. The number of pyridine rings is 1. The second-order valence-corrected chi connectivity index (χ2v) is 8.01. The molecule has 0 aliphatic carbocycles. The van der Waals surface area contributed by atoms with Crippen LogP contribution in [0, 0.1) is 11.8 Å². The normalized spacial score (nSPS) is 30.1. The second-order valence-electron chi connectivity index (χ2n) is 8.01. The minimum absolute atomic E-state index is 0.0514. The van der Waals surface area contributed by atoms with Gasteiger partial charge in [0.15, 0.2) is 11.5 Å². The van der Waals surface area contributed by atoms with Crippen LogP contribution in [0.2, 0.25) is 0 Å². The molecule has 2 amide bonds. The molecule has 4 atom stereocenters. The molecule has 1 N–H and O–H groups in total. The van der Waals surface area contributed by atoms with Gasteiger partial charge in [0, 0.05) is 30.7 Å². The van der Waals surface area contributed by atoms with Crippen LogP contribution >= 0.6 is 0 Å². The average molecular weight is 405 g/mol. The van der Waals surface area contributed by atoms with Crippen molar-refractivity contribution in [2.75, 3.05) is 18.7 Å². The van der Waals surface area contributed by atoms with Crippen molar-refractivity contribution in [3.63, 3.8) is 0 Å². The number of aromatic nitrogens is 1. The zero-order chi connectivity index (χ0) is 20.3. The number of hydrogen-bond donors (Lipinski definition) is 1.